The number of aliphatic hydroxyl groups excluding tert-OH is 1. The summed E-state index contributed by atoms with van der Waals surface area (Å²) in [6.07, 6.45) is 0.921. The van der Waals surface area contributed by atoms with Crippen LogP contribution in [0.4, 0.5) is 4.79 Å². The summed E-state index contributed by atoms with van der Waals surface area (Å²) in [5, 5.41) is 21.9. The fourth-order valence-corrected chi connectivity index (χ4v) is 1.08. The number of nitrogens with one attached hydrogen (secondary N) is 2. The van der Waals surface area contributed by atoms with E-state index in [0.717, 1.165) is 6.42 Å². The number of carbonyl (C=O) groups is 2. The molecule has 0 aromatic heterocycles. The van der Waals surface area contributed by atoms with Gasteiger partial charge in [0.15, 0.2) is 6.04 Å². The van der Waals surface area contributed by atoms with Crippen LogP contribution in [0.15, 0.2) is 0 Å². The van der Waals surface area contributed by atoms with E-state index in [9.17, 15) is 9.59 Å². The molecular formula is C8H14N2O4. The summed E-state index contributed by atoms with van der Waals surface area (Å²) in [6, 6.07) is -1.63. The first kappa shape index (κ1) is 10.8. The molecule has 0 heterocycles. The summed E-state index contributed by atoms with van der Waals surface area (Å²) < 4.78 is 0. The van der Waals surface area contributed by atoms with E-state index in [0.29, 0.717) is 5.92 Å². The number of aliphatic hydroxyl groups is 1. The van der Waals surface area contributed by atoms with Gasteiger partial charge in [-0.05, 0) is 12.3 Å². The number of rotatable bonds is 4. The molecule has 2 amide bonds. The van der Waals surface area contributed by atoms with Gasteiger partial charge in [-0.2, -0.15) is 0 Å². The second-order valence-electron chi connectivity index (χ2n) is 3.51. The minimum Gasteiger partial charge on any atom is -0.480 e. The monoisotopic (exact) mass is 202 g/mol. The first-order chi connectivity index (χ1) is 6.54. The van der Waals surface area contributed by atoms with Crippen LogP contribution >= 0.6 is 0 Å². The van der Waals surface area contributed by atoms with Gasteiger partial charge in [0, 0.05) is 6.04 Å². The van der Waals surface area contributed by atoms with Crippen LogP contribution in [-0.2, 0) is 4.79 Å². The molecule has 0 saturated heterocycles. The van der Waals surface area contributed by atoms with Crippen molar-refractivity contribution in [3.63, 3.8) is 0 Å². The molecule has 14 heavy (non-hydrogen) atoms. The van der Waals surface area contributed by atoms with Gasteiger partial charge >= 0.3 is 12.0 Å². The van der Waals surface area contributed by atoms with Gasteiger partial charge in [0.05, 0.1) is 6.61 Å². The summed E-state index contributed by atoms with van der Waals surface area (Å²) in [5.41, 5.74) is 0. The van der Waals surface area contributed by atoms with E-state index in [-0.39, 0.29) is 6.04 Å². The molecule has 1 aliphatic rings. The number of carboxylic acid groups (broad SMARTS) is 1. The van der Waals surface area contributed by atoms with Crippen molar-refractivity contribution in [3.05, 3.63) is 0 Å². The molecule has 0 spiro atoms. The van der Waals surface area contributed by atoms with Crippen molar-refractivity contribution >= 4 is 12.0 Å². The maximum absolute atomic E-state index is 11.1. The Morgan fingerprint density at radius 2 is 2.14 bits per heavy atom. The Morgan fingerprint density at radius 3 is 2.50 bits per heavy atom. The van der Waals surface area contributed by atoms with Crippen molar-refractivity contribution in [1.82, 2.24) is 10.6 Å². The van der Waals surface area contributed by atoms with E-state index >= 15 is 0 Å². The van der Waals surface area contributed by atoms with Crippen molar-refractivity contribution in [3.8, 4) is 0 Å². The smallest absolute Gasteiger partial charge is 0.328 e. The molecule has 1 fully saturated rings. The zero-order valence-electron chi connectivity index (χ0n) is 7.86. The first-order valence-corrected chi connectivity index (χ1v) is 4.45. The summed E-state index contributed by atoms with van der Waals surface area (Å²) in [4.78, 5) is 21.5. The van der Waals surface area contributed by atoms with Crippen molar-refractivity contribution in [1.29, 1.82) is 0 Å². The predicted molar refractivity (Wildman–Crippen MR) is 47.7 cm³/mol. The van der Waals surface area contributed by atoms with Gasteiger partial charge in [-0.15, -0.1) is 0 Å². The number of carbonyl (C=O) groups excluding carboxylic acids is 1. The van der Waals surface area contributed by atoms with Crippen LogP contribution in [0, 0.1) is 5.92 Å². The molecule has 6 nitrogen and oxygen atoms in total. The minimum absolute atomic E-state index is 0.142. The van der Waals surface area contributed by atoms with E-state index < -0.39 is 24.6 Å². The quantitative estimate of drug-likeness (QED) is 0.476. The van der Waals surface area contributed by atoms with Crippen molar-refractivity contribution < 1.29 is 19.8 Å². The van der Waals surface area contributed by atoms with Gasteiger partial charge in [-0.3, -0.25) is 0 Å². The molecule has 1 saturated carbocycles. The number of urea groups is 1. The lowest BCUT2D eigenvalue weighted by Crippen LogP contribution is -2.48. The van der Waals surface area contributed by atoms with Gasteiger partial charge in [0.25, 0.3) is 0 Å². The molecular weight excluding hydrogens is 188 g/mol. The number of hydrogen-bond donors (Lipinski definition) is 4. The number of amides is 2. The predicted octanol–water partition coefficient (Wildman–Crippen LogP) is -0.861. The topological polar surface area (TPSA) is 98.7 Å². The highest BCUT2D eigenvalue weighted by Gasteiger charge is 2.34. The molecule has 1 aliphatic carbocycles. The van der Waals surface area contributed by atoms with E-state index in [4.69, 9.17) is 10.2 Å². The summed E-state index contributed by atoms with van der Waals surface area (Å²) in [5.74, 6) is -0.787. The van der Waals surface area contributed by atoms with Crippen LogP contribution < -0.4 is 10.6 Å². The summed E-state index contributed by atoms with van der Waals surface area (Å²) in [6.45, 7) is 1.38. The molecule has 0 aromatic rings. The third-order valence-electron chi connectivity index (χ3n) is 2.21. The summed E-state index contributed by atoms with van der Waals surface area (Å²) in [7, 11) is 0. The lowest BCUT2D eigenvalue weighted by Gasteiger charge is -2.12. The van der Waals surface area contributed by atoms with Gasteiger partial charge in [-0.1, -0.05) is 6.92 Å². The Labute approximate surface area is 81.3 Å². The molecule has 0 aromatic carbocycles. The second-order valence-corrected chi connectivity index (χ2v) is 3.51. The molecule has 1 rings (SSSR count). The highest BCUT2D eigenvalue weighted by molar-refractivity contribution is 5.82. The average Bonchev–Trinajstić information content (AvgIpc) is 2.77. The molecule has 0 radical (unpaired) electrons. The highest BCUT2D eigenvalue weighted by Crippen LogP contribution is 2.28. The molecule has 80 valence electrons. The fraction of sp³-hybridized carbons (Fsp3) is 0.750. The molecule has 0 bridgehead atoms. The van der Waals surface area contributed by atoms with Gasteiger partial charge in [0.1, 0.15) is 0 Å². The van der Waals surface area contributed by atoms with Crippen LogP contribution in [0.3, 0.4) is 0 Å². The fourth-order valence-electron chi connectivity index (χ4n) is 1.08. The van der Waals surface area contributed by atoms with Crippen LogP contribution in [0.25, 0.3) is 0 Å². The molecule has 0 aliphatic heterocycles. The molecule has 3 atom stereocenters. The SMILES string of the molecule is CC1CC1NC(=O)N[C@@H](CO)C(=O)O. The van der Waals surface area contributed by atoms with E-state index in [1.54, 1.807) is 0 Å². The van der Waals surface area contributed by atoms with E-state index in [1.807, 2.05) is 6.92 Å². The Balaban J connectivity index is 2.27. The Bertz CT molecular complexity index is 243. The van der Waals surface area contributed by atoms with Crippen LogP contribution in [0.5, 0.6) is 0 Å². The van der Waals surface area contributed by atoms with Crippen LogP contribution in [0.2, 0.25) is 0 Å². The second kappa shape index (κ2) is 4.28. The van der Waals surface area contributed by atoms with Crippen molar-refractivity contribution in [2.75, 3.05) is 6.61 Å². The number of aliphatic carboxylic acids is 1. The zero-order chi connectivity index (χ0) is 10.7. The maximum atomic E-state index is 11.1. The van der Waals surface area contributed by atoms with Gasteiger partial charge < -0.3 is 20.8 Å². The minimum atomic E-state index is -1.24. The molecule has 4 N–H and O–H groups in total. The number of carboxylic acids is 1. The first-order valence-electron chi connectivity index (χ1n) is 4.45. The lowest BCUT2D eigenvalue weighted by molar-refractivity contribution is -0.140. The van der Waals surface area contributed by atoms with E-state index in [2.05, 4.69) is 10.6 Å². The van der Waals surface area contributed by atoms with Gasteiger partial charge in [0.2, 0.25) is 0 Å². The number of hydrogen-bond acceptors (Lipinski definition) is 3. The normalized spacial score (nSPS) is 26.4. The summed E-state index contributed by atoms with van der Waals surface area (Å²) >= 11 is 0. The Hall–Kier alpha value is -1.30. The van der Waals surface area contributed by atoms with E-state index in [1.165, 1.54) is 0 Å². The Morgan fingerprint density at radius 1 is 1.57 bits per heavy atom. The third-order valence-corrected chi connectivity index (χ3v) is 2.21. The third kappa shape index (κ3) is 2.88. The van der Waals surface area contributed by atoms with Crippen LogP contribution in [0.1, 0.15) is 13.3 Å². The van der Waals surface area contributed by atoms with Crippen molar-refractivity contribution in [2.24, 2.45) is 5.92 Å². The molecule has 6 heteroatoms. The highest BCUT2D eigenvalue weighted by atomic mass is 16.4. The average molecular weight is 202 g/mol. The largest absolute Gasteiger partial charge is 0.480 e. The lowest BCUT2D eigenvalue weighted by atomic mass is 10.3. The van der Waals surface area contributed by atoms with Gasteiger partial charge in [-0.25, -0.2) is 9.59 Å². The maximum Gasteiger partial charge on any atom is 0.328 e. The molecule has 2 unspecified atom stereocenters. The standard InChI is InChI=1S/C8H14N2O4/c1-4-2-5(4)9-8(14)10-6(3-11)7(12)13/h4-6,11H,2-3H2,1H3,(H,12,13)(H2,9,10,14)/t4?,5?,6-/m0/s1. The van der Waals surface area contributed by atoms with Crippen LogP contribution in [-0.4, -0.2) is 40.9 Å². The van der Waals surface area contributed by atoms with Crippen molar-refractivity contribution in [2.45, 2.75) is 25.4 Å². The Kier molecular flexibility index (Phi) is 3.29. The zero-order valence-corrected chi connectivity index (χ0v) is 7.86.